The van der Waals surface area contributed by atoms with E-state index in [2.05, 4.69) is 34.5 Å². The molecule has 1 N–H and O–H groups in total. The lowest BCUT2D eigenvalue weighted by Crippen LogP contribution is -2.23. The molecule has 4 rings (SSSR count). The van der Waals surface area contributed by atoms with Gasteiger partial charge in [0.05, 0.1) is 7.11 Å². The van der Waals surface area contributed by atoms with Crippen molar-refractivity contribution < 1.29 is 9.53 Å². The summed E-state index contributed by atoms with van der Waals surface area (Å²) in [7, 11) is 1.64. The summed E-state index contributed by atoms with van der Waals surface area (Å²) in [6.07, 6.45) is 0. The van der Waals surface area contributed by atoms with Crippen molar-refractivity contribution in [1.29, 1.82) is 0 Å². The normalized spacial score (nSPS) is 12.6. The highest BCUT2D eigenvalue weighted by Crippen LogP contribution is 2.28. The standard InChI is InChI=1S/C23H22N2O2/c1-27-22-12-6-17(7-13-22)14-24-23(26)18-8-10-21(11-9-18)25-15-19-4-2-3-5-20(19)16-25/h2-13H,14-16H2,1H3,(H,24,26). The van der Waals surface area contributed by atoms with Gasteiger partial charge in [-0.1, -0.05) is 36.4 Å². The molecule has 1 aliphatic rings. The van der Waals surface area contributed by atoms with Crippen molar-refractivity contribution in [2.75, 3.05) is 12.0 Å². The summed E-state index contributed by atoms with van der Waals surface area (Å²) >= 11 is 0. The van der Waals surface area contributed by atoms with Crippen molar-refractivity contribution in [3.63, 3.8) is 0 Å². The number of nitrogens with one attached hydrogen (secondary N) is 1. The number of hydrogen-bond acceptors (Lipinski definition) is 3. The maximum atomic E-state index is 12.4. The maximum Gasteiger partial charge on any atom is 0.251 e. The van der Waals surface area contributed by atoms with Gasteiger partial charge in [0.25, 0.3) is 5.91 Å². The topological polar surface area (TPSA) is 41.6 Å². The SMILES string of the molecule is COc1ccc(CNC(=O)c2ccc(N3Cc4ccccc4C3)cc2)cc1. The maximum absolute atomic E-state index is 12.4. The van der Waals surface area contributed by atoms with Crippen LogP contribution < -0.4 is 15.0 Å². The Morgan fingerprint density at radius 2 is 1.56 bits per heavy atom. The molecule has 3 aromatic carbocycles. The molecule has 136 valence electrons. The van der Waals surface area contributed by atoms with Crippen LogP contribution in [0.5, 0.6) is 5.75 Å². The second-order valence-electron chi connectivity index (χ2n) is 6.70. The number of nitrogens with zero attached hydrogens (tertiary/aromatic N) is 1. The molecule has 4 nitrogen and oxygen atoms in total. The Kier molecular flexibility index (Phi) is 4.79. The number of ether oxygens (including phenoxy) is 1. The lowest BCUT2D eigenvalue weighted by molar-refractivity contribution is 0.0951. The van der Waals surface area contributed by atoms with Gasteiger partial charge in [0.15, 0.2) is 0 Å². The number of methoxy groups -OCH3 is 1. The fourth-order valence-corrected chi connectivity index (χ4v) is 3.37. The number of carbonyl (C=O) groups excluding carboxylic acids is 1. The molecule has 3 aromatic rings. The third kappa shape index (κ3) is 3.80. The van der Waals surface area contributed by atoms with Gasteiger partial charge in [-0.25, -0.2) is 0 Å². The van der Waals surface area contributed by atoms with Crippen LogP contribution in [0, 0.1) is 0 Å². The van der Waals surface area contributed by atoms with Crippen LogP contribution >= 0.6 is 0 Å². The second kappa shape index (κ2) is 7.54. The zero-order valence-corrected chi connectivity index (χ0v) is 15.3. The lowest BCUT2D eigenvalue weighted by atomic mass is 10.1. The Bertz CT molecular complexity index is 908. The van der Waals surface area contributed by atoms with E-state index in [0.29, 0.717) is 12.1 Å². The van der Waals surface area contributed by atoms with E-state index in [4.69, 9.17) is 4.74 Å². The smallest absolute Gasteiger partial charge is 0.251 e. The molecular weight excluding hydrogens is 336 g/mol. The van der Waals surface area contributed by atoms with Crippen LogP contribution in [-0.4, -0.2) is 13.0 Å². The summed E-state index contributed by atoms with van der Waals surface area (Å²) in [6.45, 7) is 2.32. The molecule has 0 spiro atoms. The highest BCUT2D eigenvalue weighted by atomic mass is 16.5. The van der Waals surface area contributed by atoms with E-state index in [9.17, 15) is 4.79 Å². The van der Waals surface area contributed by atoms with E-state index >= 15 is 0 Å². The zero-order valence-electron chi connectivity index (χ0n) is 15.3. The number of rotatable bonds is 5. The van der Waals surface area contributed by atoms with Crippen LogP contribution in [0.4, 0.5) is 5.69 Å². The molecule has 0 aliphatic carbocycles. The Morgan fingerprint density at radius 3 is 2.15 bits per heavy atom. The number of anilines is 1. The first-order chi connectivity index (χ1) is 13.2. The molecule has 4 heteroatoms. The van der Waals surface area contributed by atoms with Gasteiger partial charge in [-0.2, -0.15) is 0 Å². The molecule has 0 atom stereocenters. The van der Waals surface area contributed by atoms with Crippen LogP contribution in [0.25, 0.3) is 0 Å². The van der Waals surface area contributed by atoms with Crippen molar-refractivity contribution in [2.45, 2.75) is 19.6 Å². The molecule has 0 fully saturated rings. The van der Waals surface area contributed by atoms with Crippen molar-refractivity contribution in [3.05, 3.63) is 95.1 Å². The lowest BCUT2D eigenvalue weighted by Gasteiger charge is -2.18. The largest absolute Gasteiger partial charge is 0.497 e. The third-order valence-electron chi connectivity index (χ3n) is 4.95. The molecule has 0 bridgehead atoms. The summed E-state index contributed by atoms with van der Waals surface area (Å²) in [6, 6.07) is 24.0. The van der Waals surface area contributed by atoms with Crippen LogP contribution in [-0.2, 0) is 19.6 Å². The molecule has 0 saturated heterocycles. The molecule has 1 amide bonds. The van der Waals surface area contributed by atoms with Gasteiger partial charge in [-0.05, 0) is 53.1 Å². The van der Waals surface area contributed by atoms with Crippen molar-refractivity contribution >= 4 is 11.6 Å². The van der Waals surface area contributed by atoms with Crippen molar-refractivity contribution in [2.24, 2.45) is 0 Å². The van der Waals surface area contributed by atoms with Gasteiger partial charge in [0, 0.05) is 30.9 Å². The van der Waals surface area contributed by atoms with Gasteiger partial charge < -0.3 is 15.0 Å². The van der Waals surface area contributed by atoms with Gasteiger partial charge in [-0.15, -0.1) is 0 Å². The molecule has 27 heavy (non-hydrogen) atoms. The first kappa shape index (κ1) is 17.2. The van der Waals surface area contributed by atoms with Crippen LogP contribution in [0.1, 0.15) is 27.0 Å². The Labute approximate surface area is 159 Å². The summed E-state index contributed by atoms with van der Waals surface area (Å²) in [5.74, 6) is 0.742. The van der Waals surface area contributed by atoms with Crippen molar-refractivity contribution in [1.82, 2.24) is 5.32 Å². The fourth-order valence-electron chi connectivity index (χ4n) is 3.37. The fraction of sp³-hybridized carbons (Fsp3) is 0.174. The van der Waals surface area contributed by atoms with E-state index in [0.717, 1.165) is 30.1 Å². The summed E-state index contributed by atoms with van der Waals surface area (Å²) < 4.78 is 5.15. The highest BCUT2D eigenvalue weighted by Gasteiger charge is 2.18. The van der Waals surface area contributed by atoms with Crippen LogP contribution in [0.2, 0.25) is 0 Å². The van der Waals surface area contributed by atoms with Gasteiger partial charge >= 0.3 is 0 Å². The molecule has 1 heterocycles. The number of amides is 1. The summed E-state index contributed by atoms with van der Waals surface area (Å²) in [5, 5.41) is 2.96. The quantitative estimate of drug-likeness (QED) is 0.745. The minimum absolute atomic E-state index is 0.0675. The van der Waals surface area contributed by atoms with Gasteiger partial charge in [-0.3, -0.25) is 4.79 Å². The monoisotopic (exact) mass is 358 g/mol. The first-order valence-electron chi connectivity index (χ1n) is 9.06. The van der Waals surface area contributed by atoms with Crippen molar-refractivity contribution in [3.8, 4) is 5.75 Å². The molecule has 0 saturated carbocycles. The predicted molar refractivity (Wildman–Crippen MR) is 107 cm³/mol. The highest BCUT2D eigenvalue weighted by molar-refractivity contribution is 5.94. The van der Waals surface area contributed by atoms with E-state index in [1.54, 1.807) is 7.11 Å². The number of hydrogen-bond donors (Lipinski definition) is 1. The second-order valence-corrected chi connectivity index (χ2v) is 6.70. The third-order valence-corrected chi connectivity index (χ3v) is 4.95. The summed E-state index contributed by atoms with van der Waals surface area (Å²) in [4.78, 5) is 14.7. The van der Waals surface area contributed by atoms with E-state index in [1.165, 1.54) is 11.1 Å². The zero-order chi connectivity index (χ0) is 18.6. The molecule has 0 radical (unpaired) electrons. The van der Waals surface area contributed by atoms with E-state index in [-0.39, 0.29) is 5.91 Å². The summed E-state index contributed by atoms with van der Waals surface area (Å²) in [5.41, 5.74) is 5.59. The molecule has 0 aromatic heterocycles. The average molecular weight is 358 g/mol. The number of fused-ring (bicyclic) bond motifs is 1. The molecule has 0 unspecified atom stereocenters. The minimum atomic E-state index is -0.0675. The van der Waals surface area contributed by atoms with Crippen LogP contribution in [0.15, 0.2) is 72.8 Å². The Balaban J connectivity index is 1.36. The van der Waals surface area contributed by atoms with E-state index in [1.807, 2.05) is 48.5 Å². The number of benzene rings is 3. The van der Waals surface area contributed by atoms with E-state index < -0.39 is 0 Å². The average Bonchev–Trinajstić information content (AvgIpc) is 3.17. The minimum Gasteiger partial charge on any atom is -0.497 e. The first-order valence-corrected chi connectivity index (χ1v) is 9.06. The van der Waals surface area contributed by atoms with Crippen LogP contribution in [0.3, 0.4) is 0 Å². The molecule has 1 aliphatic heterocycles. The van der Waals surface area contributed by atoms with Gasteiger partial charge in [0.2, 0.25) is 0 Å². The van der Waals surface area contributed by atoms with Gasteiger partial charge in [0.1, 0.15) is 5.75 Å². The predicted octanol–water partition coefficient (Wildman–Crippen LogP) is 4.15. The Hall–Kier alpha value is -3.27. The number of carbonyl (C=O) groups is 1. The Morgan fingerprint density at radius 1 is 0.926 bits per heavy atom. The molecular formula is C23H22N2O2.